The van der Waals surface area contributed by atoms with Crippen molar-refractivity contribution in [1.29, 1.82) is 0 Å². The second kappa shape index (κ2) is 6.97. The number of ether oxygens (including phenoxy) is 1. The highest BCUT2D eigenvalue weighted by Crippen LogP contribution is 2.27. The summed E-state index contributed by atoms with van der Waals surface area (Å²) in [5.74, 6) is 1.93. The van der Waals surface area contributed by atoms with E-state index in [1.54, 1.807) is 33.1 Å². The van der Waals surface area contributed by atoms with E-state index in [1.807, 2.05) is 26.0 Å². The molecule has 0 aliphatic carbocycles. The zero-order valence-corrected chi connectivity index (χ0v) is 14.7. The number of benzene rings is 1. The molecule has 0 radical (unpaired) electrons. The minimum Gasteiger partial charge on any atom is -0.495 e. The first-order valence-corrected chi connectivity index (χ1v) is 7.72. The van der Waals surface area contributed by atoms with Crippen molar-refractivity contribution in [2.24, 2.45) is 0 Å². The maximum atomic E-state index is 12.1. The summed E-state index contributed by atoms with van der Waals surface area (Å²) in [5.41, 5.74) is 1.01. The number of furan rings is 1. The lowest BCUT2D eigenvalue weighted by Gasteiger charge is -2.23. The number of hydrogen-bond donors (Lipinski definition) is 3. The highest BCUT2D eigenvalue weighted by atomic mass is 16.5. The van der Waals surface area contributed by atoms with Crippen molar-refractivity contribution in [2.45, 2.75) is 33.3 Å². The number of methoxy groups -OCH3 is 1. The van der Waals surface area contributed by atoms with Gasteiger partial charge >= 0.3 is 6.03 Å². The number of aryl methyl sites for hydroxylation is 3. The van der Waals surface area contributed by atoms with Crippen LogP contribution >= 0.6 is 0 Å². The molecule has 6 heteroatoms. The smallest absolute Gasteiger partial charge is 0.319 e. The van der Waals surface area contributed by atoms with Gasteiger partial charge in [0.15, 0.2) is 0 Å². The predicted molar refractivity (Wildman–Crippen MR) is 92.5 cm³/mol. The Kier molecular flexibility index (Phi) is 5.19. The van der Waals surface area contributed by atoms with Crippen molar-refractivity contribution >= 4 is 11.7 Å². The molecule has 0 fully saturated rings. The molecule has 2 aromatic rings. The first-order valence-electron chi connectivity index (χ1n) is 7.72. The van der Waals surface area contributed by atoms with E-state index in [-0.39, 0.29) is 6.54 Å². The Bertz CT molecular complexity index is 735. The summed E-state index contributed by atoms with van der Waals surface area (Å²) in [6.45, 7) is 7.22. The van der Waals surface area contributed by atoms with Crippen LogP contribution in [0.2, 0.25) is 0 Å². The lowest BCUT2D eigenvalue weighted by Crippen LogP contribution is -2.40. The summed E-state index contributed by atoms with van der Waals surface area (Å²) in [6, 6.07) is 6.87. The van der Waals surface area contributed by atoms with Crippen molar-refractivity contribution < 1.29 is 19.1 Å². The molecule has 0 bridgehead atoms. The molecule has 0 aliphatic rings. The summed E-state index contributed by atoms with van der Waals surface area (Å²) in [6.07, 6.45) is 0. The third-order valence-corrected chi connectivity index (χ3v) is 3.82. The number of rotatable bonds is 5. The fraction of sp³-hybridized carbons (Fsp3) is 0.389. The van der Waals surface area contributed by atoms with E-state index < -0.39 is 11.6 Å². The summed E-state index contributed by atoms with van der Waals surface area (Å²) < 4.78 is 10.7. The van der Waals surface area contributed by atoms with Crippen LogP contribution in [0.5, 0.6) is 5.75 Å². The van der Waals surface area contributed by atoms with Gasteiger partial charge < -0.3 is 24.9 Å². The van der Waals surface area contributed by atoms with Crippen LogP contribution in [-0.4, -0.2) is 24.8 Å². The monoisotopic (exact) mass is 332 g/mol. The minimum absolute atomic E-state index is 0.0484. The molecule has 24 heavy (non-hydrogen) atoms. The van der Waals surface area contributed by atoms with Crippen molar-refractivity contribution in [3.63, 3.8) is 0 Å². The highest BCUT2D eigenvalue weighted by Gasteiger charge is 2.28. The maximum Gasteiger partial charge on any atom is 0.319 e. The molecular weight excluding hydrogens is 308 g/mol. The Hall–Kier alpha value is -2.47. The quantitative estimate of drug-likeness (QED) is 0.785. The van der Waals surface area contributed by atoms with E-state index in [4.69, 9.17) is 9.15 Å². The summed E-state index contributed by atoms with van der Waals surface area (Å²) in [7, 11) is 1.54. The third-order valence-electron chi connectivity index (χ3n) is 3.82. The number of carbonyl (C=O) groups excluding carboxylic acids is 1. The van der Waals surface area contributed by atoms with Gasteiger partial charge in [-0.2, -0.15) is 0 Å². The second-order valence-corrected chi connectivity index (χ2v) is 6.11. The van der Waals surface area contributed by atoms with Crippen molar-refractivity contribution in [3.05, 3.63) is 46.9 Å². The Balaban J connectivity index is 2.03. The van der Waals surface area contributed by atoms with E-state index in [2.05, 4.69) is 10.6 Å². The molecule has 2 rings (SSSR count). The highest BCUT2D eigenvalue weighted by molar-refractivity contribution is 5.91. The lowest BCUT2D eigenvalue weighted by molar-refractivity contribution is 0.0584. The second-order valence-electron chi connectivity index (χ2n) is 6.11. The van der Waals surface area contributed by atoms with Gasteiger partial charge in [-0.3, -0.25) is 0 Å². The molecule has 1 heterocycles. The Labute approximate surface area is 141 Å². The van der Waals surface area contributed by atoms with Crippen LogP contribution < -0.4 is 15.4 Å². The largest absolute Gasteiger partial charge is 0.495 e. The molecule has 1 aromatic heterocycles. The van der Waals surface area contributed by atoms with Crippen LogP contribution in [0.4, 0.5) is 10.5 Å². The number of urea groups is 1. The predicted octanol–water partition coefficient (Wildman–Crippen LogP) is 3.24. The number of nitrogens with one attached hydrogen (secondary N) is 2. The molecule has 1 aromatic carbocycles. The third kappa shape index (κ3) is 4.08. The van der Waals surface area contributed by atoms with Crippen molar-refractivity contribution in [3.8, 4) is 5.75 Å². The van der Waals surface area contributed by atoms with Gasteiger partial charge in [0.05, 0.1) is 19.3 Å². The fourth-order valence-electron chi connectivity index (χ4n) is 2.60. The van der Waals surface area contributed by atoms with Crippen LogP contribution in [-0.2, 0) is 5.60 Å². The number of aliphatic hydroxyl groups is 1. The van der Waals surface area contributed by atoms with Gasteiger partial charge in [0.25, 0.3) is 0 Å². The molecule has 3 N–H and O–H groups in total. The van der Waals surface area contributed by atoms with Crippen molar-refractivity contribution in [1.82, 2.24) is 5.32 Å². The van der Waals surface area contributed by atoms with Crippen LogP contribution in [0, 0.1) is 20.8 Å². The fourth-order valence-corrected chi connectivity index (χ4v) is 2.60. The van der Waals surface area contributed by atoms with Gasteiger partial charge in [0.1, 0.15) is 22.9 Å². The Morgan fingerprint density at radius 3 is 2.58 bits per heavy atom. The molecule has 1 unspecified atom stereocenters. The molecule has 0 saturated carbocycles. The molecule has 6 nitrogen and oxygen atoms in total. The number of hydrogen-bond acceptors (Lipinski definition) is 4. The van der Waals surface area contributed by atoms with Gasteiger partial charge in [0, 0.05) is 5.56 Å². The average molecular weight is 332 g/mol. The topological polar surface area (TPSA) is 83.7 Å². The molecule has 0 saturated heterocycles. The average Bonchev–Trinajstić information content (AvgIpc) is 2.85. The van der Waals surface area contributed by atoms with E-state index in [1.165, 1.54) is 0 Å². The van der Waals surface area contributed by atoms with Gasteiger partial charge in [-0.15, -0.1) is 0 Å². The normalized spacial score (nSPS) is 13.2. The number of amides is 2. The van der Waals surface area contributed by atoms with E-state index >= 15 is 0 Å². The zero-order chi connectivity index (χ0) is 17.9. The first kappa shape index (κ1) is 17.9. The van der Waals surface area contributed by atoms with Crippen molar-refractivity contribution in [2.75, 3.05) is 19.0 Å². The van der Waals surface area contributed by atoms with E-state index in [0.29, 0.717) is 22.8 Å². The first-order chi connectivity index (χ1) is 11.2. The van der Waals surface area contributed by atoms with Crippen LogP contribution in [0.15, 0.2) is 28.7 Å². The summed E-state index contributed by atoms with van der Waals surface area (Å²) in [4.78, 5) is 12.1. The standard InChI is InChI=1S/C18H24N2O4/c1-11-6-7-16(23-5)15(8-11)20-17(21)19-10-18(4,22)14-9-12(2)24-13(14)3/h6-9,22H,10H2,1-5H3,(H2,19,20,21). The Morgan fingerprint density at radius 1 is 1.29 bits per heavy atom. The molecular formula is C18H24N2O4. The lowest BCUT2D eigenvalue weighted by atomic mass is 9.96. The molecule has 130 valence electrons. The molecule has 0 spiro atoms. The van der Waals surface area contributed by atoms with Gasteiger partial charge in [-0.25, -0.2) is 4.79 Å². The number of anilines is 1. The molecule has 2 amide bonds. The maximum absolute atomic E-state index is 12.1. The Morgan fingerprint density at radius 2 is 2.00 bits per heavy atom. The van der Waals surface area contributed by atoms with Gasteiger partial charge in [0.2, 0.25) is 0 Å². The molecule has 1 atom stereocenters. The minimum atomic E-state index is -1.23. The van der Waals surface area contributed by atoms with Crippen LogP contribution in [0.25, 0.3) is 0 Å². The molecule has 0 aliphatic heterocycles. The van der Waals surface area contributed by atoms with E-state index in [9.17, 15) is 9.90 Å². The zero-order valence-electron chi connectivity index (χ0n) is 14.7. The van der Waals surface area contributed by atoms with E-state index in [0.717, 1.165) is 11.3 Å². The summed E-state index contributed by atoms with van der Waals surface area (Å²) >= 11 is 0. The van der Waals surface area contributed by atoms with Crippen LogP contribution in [0.3, 0.4) is 0 Å². The van der Waals surface area contributed by atoms with Gasteiger partial charge in [-0.05, 0) is 51.5 Å². The van der Waals surface area contributed by atoms with Crippen LogP contribution in [0.1, 0.15) is 29.6 Å². The summed E-state index contributed by atoms with van der Waals surface area (Å²) in [5, 5.41) is 16.0. The number of carbonyl (C=O) groups is 1. The van der Waals surface area contributed by atoms with Gasteiger partial charge in [-0.1, -0.05) is 6.07 Å². The SMILES string of the molecule is COc1ccc(C)cc1NC(=O)NCC(C)(O)c1cc(C)oc1C.